The van der Waals surface area contributed by atoms with Gasteiger partial charge in [0.2, 0.25) is 5.43 Å². The van der Waals surface area contributed by atoms with E-state index in [1.54, 1.807) is 47.3 Å². The number of nitrogens with two attached hydrogens (primary N) is 1. The molecular formula is C24H19ClF2N6O. The van der Waals surface area contributed by atoms with Gasteiger partial charge in [-0.15, -0.1) is 0 Å². The molecule has 0 saturated heterocycles. The van der Waals surface area contributed by atoms with Gasteiger partial charge in [-0.05, 0) is 60.7 Å². The Morgan fingerprint density at radius 3 is 2.68 bits per heavy atom. The summed E-state index contributed by atoms with van der Waals surface area (Å²) in [5.41, 5.74) is 8.98. The summed E-state index contributed by atoms with van der Waals surface area (Å²) in [6.45, 7) is -0.848. The standard InChI is InChI=1S/C24H19ClF2N6O/c1-15-11-16(17-13-29-33(14-17)24(26)27)5-6-21(15)32-10-8-22(34)23(31-32)20(7-9-28)30-19-4-2-3-18(25)12-19/h2-14,24H,28H2,1H3. The molecule has 0 atom stereocenters. The highest BCUT2D eigenvalue weighted by Gasteiger charge is 2.13. The molecule has 7 nitrogen and oxygen atoms in total. The third kappa shape index (κ3) is 4.94. The number of hydrogen-bond donors (Lipinski definition) is 1. The molecule has 172 valence electrons. The zero-order chi connectivity index (χ0) is 24.2. The molecule has 0 spiro atoms. The number of aliphatic imine (C=N–C) groups is 1. The van der Waals surface area contributed by atoms with Crippen molar-refractivity contribution in [3.63, 3.8) is 0 Å². The number of halogens is 3. The summed E-state index contributed by atoms with van der Waals surface area (Å²) in [7, 11) is 0. The fourth-order valence-electron chi connectivity index (χ4n) is 3.35. The second-order valence-corrected chi connectivity index (χ2v) is 7.73. The van der Waals surface area contributed by atoms with Crippen molar-refractivity contribution in [1.82, 2.24) is 19.6 Å². The first-order valence-electron chi connectivity index (χ1n) is 10.1. The molecule has 0 bridgehead atoms. The van der Waals surface area contributed by atoms with Crippen molar-refractivity contribution in [3.8, 4) is 16.8 Å². The number of nitrogens with zero attached hydrogens (tertiary/aromatic N) is 5. The Kier molecular flexibility index (Phi) is 6.65. The van der Waals surface area contributed by atoms with Gasteiger partial charge in [0, 0.05) is 29.0 Å². The first kappa shape index (κ1) is 23.1. The molecule has 0 aliphatic carbocycles. The van der Waals surface area contributed by atoms with Gasteiger partial charge in [-0.3, -0.25) is 4.79 Å². The Morgan fingerprint density at radius 2 is 2.00 bits per heavy atom. The fourth-order valence-corrected chi connectivity index (χ4v) is 3.53. The van der Waals surface area contributed by atoms with Crippen LogP contribution in [0.3, 0.4) is 0 Å². The van der Waals surface area contributed by atoms with Crippen LogP contribution in [0.5, 0.6) is 0 Å². The predicted molar refractivity (Wildman–Crippen MR) is 128 cm³/mol. The first-order valence-corrected chi connectivity index (χ1v) is 10.5. The third-order valence-corrected chi connectivity index (χ3v) is 5.18. The van der Waals surface area contributed by atoms with Crippen molar-refractivity contribution in [2.45, 2.75) is 13.5 Å². The average Bonchev–Trinajstić information content (AvgIpc) is 3.30. The van der Waals surface area contributed by atoms with Gasteiger partial charge < -0.3 is 5.73 Å². The van der Waals surface area contributed by atoms with Gasteiger partial charge in [0.25, 0.3) is 0 Å². The van der Waals surface area contributed by atoms with Gasteiger partial charge in [0.05, 0.1) is 23.3 Å². The van der Waals surface area contributed by atoms with E-state index in [9.17, 15) is 13.6 Å². The molecule has 4 aromatic rings. The van der Waals surface area contributed by atoms with Crippen LogP contribution in [-0.4, -0.2) is 25.3 Å². The van der Waals surface area contributed by atoms with Crippen LogP contribution < -0.4 is 11.2 Å². The van der Waals surface area contributed by atoms with Gasteiger partial charge in [-0.1, -0.05) is 23.7 Å². The van der Waals surface area contributed by atoms with Crippen LogP contribution in [0.15, 0.2) is 89.2 Å². The van der Waals surface area contributed by atoms with Crippen LogP contribution >= 0.6 is 11.6 Å². The van der Waals surface area contributed by atoms with E-state index < -0.39 is 6.55 Å². The Labute approximate surface area is 198 Å². The Balaban J connectivity index is 1.74. The maximum absolute atomic E-state index is 12.8. The molecule has 0 amide bonds. The number of aryl methyl sites for hydroxylation is 1. The maximum atomic E-state index is 12.8. The van der Waals surface area contributed by atoms with E-state index in [-0.39, 0.29) is 16.8 Å². The summed E-state index contributed by atoms with van der Waals surface area (Å²) in [4.78, 5) is 17.1. The molecule has 0 saturated carbocycles. The number of aromatic nitrogens is 4. The average molecular weight is 481 g/mol. The molecule has 2 aromatic carbocycles. The van der Waals surface area contributed by atoms with Crippen LogP contribution in [0.4, 0.5) is 14.5 Å². The Bertz CT molecular complexity index is 1460. The zero-order valence-corrected chi connectivity index (χ0v) is 18.7. The fraction of sp³-hybridized carbons (Fsp3) is 0.0833. The highest BCUT2D eigenvalue weighted by atomic mass is 35.5. The molecule has 0 unspecified atom stereocenters. The minimum atomic E-state index is -2.71. The van der Waals surface area contributed by atoms with Crippen LogP contribution in [-0.2, 0) is 0 Å². The monoisotopic (exact) mass is 480 g/mol. The summed E-state index contributed by atoms with van der Waals surface area (Å²) in [5.74, 6) is 0. The highest BCUT2D eigenvalue weighted by Crippen LogP contribution is 2.25. The number of hydrogen-bond acceptors (Lipinski definition) is 5. The van der Waals surface area contributed by atoms with Crippen LogP contribution in [0.2, 0.25) is 5.02 Å². The van der Waals surface area contributed by atoms with Crippen molar-refractivity contribution < 1.29 is 8.78 Å². The molecule has 2 heterocycles. The molecule has 4 rings (SSSR count). The van der Waals surface area contributed by atoms with Gasteiger partial charge in [-0.2, -0.15) is 19.0 Å². The van der Waals surface area contributed by atoms with Crippen molar-refractivity contribution in [3.05, 3.63) is 106 Å². The number of rotatable bonds is 6. The minimum Gasteiger partial charge on any atom is -0.405 e. The van der Waals surface area contributed by atoms with Crippen molar-refractivity contribution in [2.24, 2.45) is 10.7 Å². The number of alkyl halides is 2. The van der Waals surface area contributed by atoms with Crippen molar-refractivity contribution >= 4 is 23.0 Å². The third-order valence-electron chi connectivity index (χ3n) is 4.94. The zero-order valence-electron chi connectivity index (χ0n) is 17.9. The lowest BCUT2D eigenvalue weighted by molar-refractivity contribution is 0.0566. The number of allylic oxidation sites excluding steroid dienone is 1. The molecule has 2 aromatic heterocycles. The van der Waals surface area contributed by atoms with E-state index in [4.69, 9.17) is 17.3 Å². The lowest BCUT2D eigenvalue weighted by atomic mass is 10.1. The quantitative estimate of drug-likeness (QED) is 0.391. The summed E-state index contributed by atoms with van der Waals surface area (Å²) < 4.78 is 27.8. The summed E-state index contributed by atoms with van der Waals surface area (Å²) >= 11 is 6.04. The van der Waals surface area contributed by atoms with E-state index >= 15 is 0 Å². The molecular weight excluding hydrogens is 462 g/mol. The summed E-state index contributed by atoms with van der Waals surface area (Å²) in [6.07, 6.45) is 6.99. The van der Waals surface area contributed by atoms with Gasteiger partial charge >= 0.3 is 6.55 Å². The molecule has 34 heavy (non-hydrogen) atoms. The molecule has 10 heteroatoms. The normalized spacial score (nSPS) is 12.1. The predicted octanol–water partition coefficient (Wildman–Crippen LogP) is 5.05. The van der Waals surface area contributed by atoms with E-state index in [2.05, 4.69) is 15.2 Å². The Morgan fingerprint density at radius 1 is 1.18 bits per heavy atom. The van der Waals surface area contributed by atoms with Gasteiger partial charge in [0.1, 0.15) is 0 Å². The Hall–Kier alpha value is -4.11. The van der Waals surface area contributed by atoms with Crippen molar-refractivity contribution in [2.75, 3.05) is 0 Å². The number of benzene rings is 2. The van der Waals surface area contributed by atoms with E-state index in [1.165, 1.54) is 30.7 Å². The molecule has 0 aliphatic heterocycles. The maximum Gasteiger partial charge on any atom is 0.333 e. The molecule has 0 radical (unpaired) electrons. The van der Waals surface area contributed by atoms with E-state index in [0.29, 0.717) is 26.6 Å². The largest absolute Gasteiger partial charge is 0.405 e. The smallest absolute Gasteiger partial charge is 0.333 e. The van der Waals surface area contributed by atoms with Gasteiger partial charge in [0.15, 0.2) is 5.69 Å². The SMILES string of the molecule is Cc1cc(-c2cnn(C(F)F)c2)ccc1-n1ccc(=O)c(C(C=CN)=Nc2cccc(Cl)c2)n1. The van der Waals surface area contributed by atoms with Crippen LogP contribution in [0, 0.1) is 6.92 Å². The lowest BCUT2D eigenvalue weighted by Crippen LogP contribution is -2.20. The van der Waals surface area contributed by atoms with E-state index in [0.717, 1.165) is 11.1 Å². The van der Waals surface area contributed by atoms with Crippen molar-refractivity contribution in [1.29, 1.82) is 0 Å². The summed E-state index contributed by atoms with van der Waals surface area (Å²) in [5, 5.41) is 8.67. The highest BCUT2D eigenvalue weighted by molar-refractivity contribution is 6.30. The van der Waals surface area contributed by atoms with Gasteiger partial charge in [-0.25, -0.2) is 14.4 Å². The molecule has 0 aliphatic rings. The first-order chi connectivity index (χ1) is 16.4. The minimum absolute atomic E-state index is 0.103. The second kappa shape index (κ2) is 9.80. The second-order valence-electron chi connectivity index (χ2n) is 7.30. The van der Waals surface area contributed by atoms with E-state index in [1.807, 2.05) is 13.0 Å². The van der Waals surface area contributed by atoms with Crippen LogP contribution in [0.1, 0.15) is 17.8 Å². The van der Waals surface area contributed by atoms with Crippen LogP contribution in [0.25, 0.3) is 16.8 Å². The topological polar surface area (TPSA) is 91.1 Å². The molecule has 2 N–H and O–H groups in total. The lowest BCUT2D eigenvalue weighted by Gasteiger charge is -2.12. The summed E-state index contributed by atoms with van der Waals surface area (Å²) in [6, 6.07) is 13.7. The molecule has 0 fully saturated rings.